The molecule has 0 aromatic heterocycles. The highest BCUT2D eigenvalue weighted by molar-refractivity contribution is 6.43. The van der Waals surface area contributed by atoms with Gasteiger partial charge in [0.2, 0.25) is 0 Å². The number of piperazine rings is 1. The molecule has 3 fully saturated rings. The minimum atomic E-state index is -0.0192. The van der Waals surface area contributed by atoms with Crippen molar-refractivity contribution in [2.75, 3.05) is 37.6 Å². The molecule has 2 amide bonds. The summed E-state index contributed by atoms with van der Waals surface area (Å²) in [6.07, 6.45) is 8.50. The predicted molar refractivity (Wildman–Crippen MR) is 125 cm³/mol. The number of anilines is 1. The largest absolute Gasteiger partial charge is 0.367 e. The molecule has 0 atom stereocenters. The van der Waals surface area contributed by atoms with Gasteiger partial charge in [0, 0.05) is 37.8 Å². The summed E-state index contributed by atoms with van der Waals surface area (Å²) in [5.74, 6) is 0.786. The van der Waals surface area contributed by atoms with E-state index < -0.39 is 0 Å². The highest BCUT2D eigenvalue weighted by Crippen LogP contribution is 2.46. The van der Waals surface area contributed by atoms with E-state index in [1.54, 1.807) is 0 Å². The maximum absolute atomic E-state index is 11.7. The van der Waals surface area contributed by atoms with Crippen molar-refractivity contribution in [3.63, 3.8) is 0 Å². The monoisotopic (exact) mass is 452 g/mol. The van der Waals surface area contributed by atoms with Crippen molar-refractivity contribution in [3.8, 4) is 0 Å². The molecule has 0 bridgehead atoms. The minimum absolute atomic E-state index is 0.0192. The highest BCUT2D eigenvalue weighted by atomic mass is 35.5. The number of nitrogens with one attached hydrogen (secondary N) is 2. The van der Waals surface area contributed by atoms with Gasteiger partial charge in [-0.3, -0.25) is 4.90 Å². The number of nitrogens with zero attached hydrogens (tertiary/aromatic N) is 2. The molecule has 2 saturated carbocycles. The number of hydrogen-bond acceptors (Lipinski definition) is 3. The number of urea groups is 1. The van der Waals surface area contributed by atoms with Gasteiger partial charge in [-0.1, -0.05) is 29.3 Å². The number of benzene rings is 1. The highest BCUT2D eigenvalue weighted by Gasteiger charge is 2.51. The standard InChI is InChI=1S/C23H34Cl2N4O/c1-2-26-22(30)27-18-8-6-17(7-9-18)10-13-29-15-14-28(16-23(29)11-12-23)20-5-3-4-19(24)21(20)25/h3-5,17-18H,2,6-16H2,1H3,(H2,26,27,30)/t17-,18-. The van der Waals surface area contributed by atoms with Crippen LogP contribution in [0.25, 0.3) is 0 Å². The summed E-state index contributed by atoms with van der Waals surface area (Å²) >= 11 is 12.7. The molecule has 2 aliphatic carbocycles. The average Bonchev–Trinajstić information content (AvgIpc) is 3.50. The van der Waals surface area contributed by atoms with Crippen LogP contribution in [0.15, 0.2) is 18.2 Å². The third-order valence-electron chi connectivity index (χ3n) is 7.22. The van der Waals surface area contributed by atoms with Crippen LogP contribution in [0.1, 0.15) is 51.9 Å². The topological polar surface area (TPSA) is 47.6 Å². The minimum Gasteiger partial charge on any atom is -0.367 e. The fraction of sp³-hybridized carbons (Fsp3) is 0.696. The third-order valence-corrected chi connectivity index (χ3v) is 8.03. The van der Waals surface area contributed by atoms with Gasteiger partial charge in [-0.05, 0) is 76.5 Å². The Bertz CT molecular complexity index is 747. The molecular weight excluding hydrogens is 419 g/mol. The summed E-state index contributed by atoms with van der Waals surface area (Å²) in [6.45, 7) is 6.97. The maximum Gasteiger partial charge on any atom is 0.314 e. The lowest BCUT2D eigenvalue weighted by Gasteiger charge is -2.44. The summed E-state index contributed by atoms with van der Waals surface area (Å²) in [7, 11) is 0. The zero-order valence-electron chi connectivity index (χ0n) is 17.9. The molecule has 5 nitrogen and oxygen atoms in total. The van der Waals surface area contributed by atoms with E-state index in [1.165, 1.54) is 38.6 Å². The van der Waals surface area contributed by atoms with Crippen LogP contribution in [-0.2, 0) is 0 Å². The average molecular weight is 453 g/mol. The van der Waals surface area contributed by atoms with E-state index >= 15 is 0 Å². The van der Waals surface area contributed by atoms with Gasteiger partial charge in [-0.25, -0.2) is 4.79 Å². The van der Waals surface area contributed by atoms with Gasteiger partial charge in [0.05, 0.1) is 15.7 Å². The van der Waals surface area contributed by atoms with Crippen LogP contribution < -0.4 is 15.5 Å². The van der Waals surface area contributed by atoms with Crippen LogP contribution >= 0.6 is 23.2 Å². The van der Waals surface area contributed by atoms with Crippen LogP contribution in [0.2, 0.25) is 10.0 Å². The second-order valence-corrected chi connectivity index (χ2v) is 10.0. The quantitative estimate of drug-likeness (QED) is 0.643. The van der Waals surface area contributed by atoms with Gasteiger partial charge in [-0.15, -0.1) is 0 Å². The van der Waals surface area contributed by atoms with Crippen molar-refractivity contribution in [2.24, 2.45) is 5.92 Å². The Kier molecular flexibility index (Phi) is 7.01. The molecule has 4 rings (SSSR count). The number of halogens is 2. The molecule has 30 heavy (non-hydrogen) atoms. The molecule has 2 N–H and O–H groups in total. The number of carbonyl (C=O) groups is 1. The number of carbonyl (C=O) groups excluding carboxylic acids is 1. The Hall–Kier alpha value is -1.17. The molecule has 1 spiro atoms. The Labute approximate surface area is 190 Å². The first-order chi connectivity index (χ1) is 14.5. The van der Waals surface area contributed by atoms with E-state index in [2.05, 4.69) is 26.5 Å². The van der Waals surface area contributed by atoms with E-state index in [-0.39, 0.29) is 6.03 Å². The van der Waals surface area contributed by atoms with Gasteiger partial charge >= 0.3 is 6.03 Å². The van der Waals surface area contributed by atoms with E-state index in [9.17, 15) is 4.79 Å². The van der Waals surface area contributed by atoms with E-state index in [0.29, 0.717) is 28.2 Å². The molecule has 1 aromatic rings. The normalized spacial score (nSPS) is 25.9. The van der Waals surface area contributed by atoms with Crippen LogP contribution in [-0.4, -0.2) is 55.2 Å². The Morgan fingerprint density at radius 2 is 1.93 bits per heavy atom. The summed E-state index contributed by atoms with van der Waals surface area (Å²) in [5.41, 5.74) is 1.41. The number of rotatable bonds is 6. The Morgan fingerprint density at radius 3 is 2.63 bits per heavy atom. The summed E-state index contributed by atoms with van der Waals surface area (Å²) in [5, 5.41) is 7.26. The van der Waals surface area contributed by atoms with E-state index in [0.717, 1.165) is 44.1 Å². The van der Waals surface area contributed by atoms with E-state index in [1.807, 2.05) is 19.1 Å². The lowest BCUT2D eigenvalue weighted by atomic mass is 9.84. The SMILES string of the molecule is CCNC(=O)N[C@H]1CC[C@H](CCN2CCN(c3cccc(Cl)c3Cl)CC23CC3)CC1. The van der Waals surface area contributed by atoms with Gasteiger partial charge in [0.25, 0.3) is 0 Å². The lowest BCUT2D eigenvalue weighted by Crippen LogP contribution is -2.55. The van der Waals surface area contributed by atoms with Crippen LogP contribution in [0.3, 0.4) is 0 Å². The van der Waals surface area contributed by atoms with Gasteiger partial charge in [-0.2, -0.15) is 0 Å². The van der Waals surface area contributed by atoms with Crippen molar-refractivity contribution < 1.29 is 4.79 Å². The summed E-state index contributed by atoms with van der Waals surface area (Å²) < 4.78 is 0. The summed E-state index contributed by atoms with van der Waals surface area (Å²) in [6, 6.07) is 6.26. The van der Waals surface area contributed by atoms with Gasteiger partial charge < -0.3 is 15.5 Å². The number of hydrogen-bond donors (Lipinski definition) is 2. The molecule has 3 aliphatic rings. The third kappa shape index (κ3) is 5.00. The molecule has 0 unspecified atom stereocenters. The second kappa shape index (κ2) is 9.54. The second-order valence-electron chi connectivity index (χ2n) is 9.22. The van der Waals surface area contributed by atoms with Crippen molar-refractivity contribution >= 4 is 34.9 Å². The molecule has 1 heterocycles. The maximum atomic E-state index is 11.7. The first-order valence-corrected chi connectivity index (χ1v) is 12.2. The van der Waals surface area contributed by atoms with Crippen LogP contribution in [0.4, 0.5) is 10.5 Å². The lowest BCUT2D eigenvalue weighted by molar-refractivity contribution is 0.139. The summed E-state index contributed by atoms with van der Waals surface area (Å²) in [4.78, 5) is 16.9. The van der Waals surface area contributed by atoms with Crippen molar-refractivity contribution in [3.05, 3.63) is 28.2 Å². The smallest absolute Gasteiger partial charge is 0.314 e. The van der Waals surface area contributed by atoms with Crippen molar-refractivity contribution in [1.82, 2.24) is 15.5 Å². The van der Waals surface area contributed by atoms with Crippen molar-refractivity contribution in [2.45, 2.75) is 63.5 Å². The zero-order valence-corrected chi connectivity index (χ0v) is 19.4. The number of amides is 2. The molecule has 7 heteroatoms. The first kappa shape index (κ1) is 22.0. The first-order valence-electron chi connectivity index (χ1n) is 11.5. The fourth-order valence-electron chi connectivity index (χ4n) is 5.25. The molecule has 1 aliphatic heterocycles. The Morgan fingerprint density at radius 1 is 1.17 bits per heavy atom. The Balaban J connectivity index is 1.24. The zero-order chi connectivity index (χ0) is 21.1. The molecular formula is C23H34Cl2N4O. The van der Waals surface area contributed by atoms with E-state index in [4.69, 9.17) is 23.2 Å². The molecule has 166 valence electrons. The van der Waals surface area contributed by atoms with Crippen molar-refractivity contribution in [1.29, 1.82) is 0 Å². The molecule has 1 saturated heterocycles. The van der Waals surface area contributed by atoms with Gasteiger partial charge in [0.15, 0.2) is 0 Å². The molecule has 0 radical (unpaired) electrons. The van der Waals surface area contributed by atoms with Crippen LogP contribution in [0, 0.1) is 5.92 Å². The molecule has 1 aromatic carbocycles. The fourth-order valence-corrected chi connectivity index (χ4v) is 5.67. The van der Waals surface area contributed by atoms with Gasteiger partial charge in [0.1, 0.15) is 0 Å². The van der Waals surface area contributed by atoms with Crippen LogP contribution in [0.5, 0.6) is 0 Å². The predicted octanol–water partition coefficient (Wildman–Crippen LogP) is 4.92.